The van der Waals surface area contributed by atoms with Crippen molar-refractivity contribution in [1.29, 1.82) is 0 Å². The van der Waals surface area contributed by atoms with E-state index in [4.69, 9.17) is 0 Å². The van der Waals surface area contributed by atoms with Gasteiger partial charge in [-0.15, -0.1) is 0 Å². The third-order valence-electron chi connectivity index (χ3n) is 3.65. The van der Waals surface area contributed by atoms with Gasteiger partial charge in [-0.3, -0.25) is 10.1 Å². The molecule has 0 amide bonds. The number of halogens is 1. The second-order valence-corrected chi connectivity index (χ2v) is 6.35. The van der Waals surface area contributed by atoms with Gasteiger partial charge < -0.3 is 10.2 Å². The molecule has 1 aliphatic heterocycles. The van der Waals surface area contributed by atoms with Crippen LogP contribution in [0.25, 0.3) is 0 Å². The summed E-state index contributed by atoms with van der Waals surface area (Å²) in [6, 6.07) is 5.75. The highest BCUT2D eigenvalue weighted by atomic mass is 79.9. The molecule has 0 radical (unpaired) electrons. The number of rotatable bonds is 5. The largest absolute Gasteiger partial charge is 0.362 e. The maximum Gasteiger partial charge on any atom is 0.292 e. The summed E-state index contributed by atoms with van der Waals surface area (Å²) in [6.07, 6.45) is 2.31. The van der Waals surface area contributed by atoms with Gasteiger partial charge in [0.1, 0.15) is 5.69 Å². The molecule has 110 valence electrons. The lowest BCUT2D eigenvalue weighted by Gasteiger charge is -2.31. The fourth-order valence-electron chi connectivity index (χ4n) is 2.62. The number of nitro groups is 1. The molecule has 1 aromatic carbocycles. The van der Waals surface area contributed by atoms with Gasteiger partial charge in [-0.05, 0) is 45.4 Å². The number of hydrogen-bond acceptors (Lipinski definition) is 4. The molecule has 0 bridgehead atoms. The average molecular weight is 342 g/mol. The van der Waals surface area contributed by atoms with E-state index in [9.17, 15) is 10.1 Å². The summed E-state index contributed by atoms with van der Waals surface area (Å²) in [4.78, 5) is 13.1. The molecule has 0 saturated carbocycles. The van der Waals surface area contributed by atoms with Crippen LogP contribution in [0.5, 0.6) is 0 Å². The molecule has 1 aliphatic rings. The molecular formula is C14H20BrN3O2. The van der Waals surface area contributed by atoms with Crippen molar-refractivity contribution in [3.05, 3.63) is 32.8 Å². The van der Waals surface area contributed by atoms with Crippen LogP contribution in [0.4, 0.5) is 11.4 Å². The molecule has 6 heteroatoms. The molecule has 0 spiro atoms. The summed E-state index contributed by atoms with van der Waals surface area (Å²) in [7, 11) is 0. The second-order valence-electron chi connectivity index (χ2n) is 5.43. The lowest BCUT2D eigenvalue weighted by molar-refractivity contribution is -0.384. The van der Waals surface area contributed by atoms with Gasteiger partial charge in [0.05, 0.1) is 4.92 Å². The molecule has 1 atom stereocenters. The summed E-state index contributed by atoms with van der Waals surface area (Å²) in [5, 5.41) is 14.7. The van der Waals surface area contributed by atoms with E-state index in [0.717, 1.165) is 24.0 Å². The van der Waals surface area contributed by atoms with Crippen LogP contribution in [0, 0.1) is 10.1 Å². The van der Waals surface area contributed by atoms with Crippen LogP contribution < -0.4 is 10.2 Å². The first-order valence-electron chi connectivity index (χ1n) is 6.93. The van der Waals surface area contributed by atoms with Crippen LogP contribution in [-0.2, 0) is 0 Å². The topological polar surface area (TPSA) is 58.4 Å². The number of hydrogen-bond donors (Lipinski definition) is 1. The number of nitrogens with zero attached hydrogens (tertiary/aromatic N) is 2. The van der Waals surface area contributed by atoms with Gasteiger partial charge in [-0.2, -0.15) is 0 Å². The van der Waals surface area contributed by atoms with E-state index >= 15 is 0 Å². The highest BCUT2D eigenvalue weighted by molar-refractivity contribution is 9.10. The first-order valence-corrected chi connectivity index (χ1v) is 7.72. The maximum atomic E-state index is 11.2. The molecule has 1 unspecified atom stereocenters. The standard InChI is InChI=1S/C14H20BrN3O2/c1-10(2)17(9-12-4-3-7-16-12)14-8-11(15)5-6-13(14)18(19)20/h5-6,8,10,12,16H,3-4,7,9H2,1-2H3. The van der Waals surface area contributed by atoms with Crippen molar-refractivity contribution in [1.82, 2.24) is 5.32 Å². The third kappa shape index (κ3) is 3.49. The molecule has 0 aliphatic carbocycles. The minimum atomic E-state index is -0.306. The summed E-state index contributed by atoms with van der Waals surface area (Å²) < 4.78 is 0.864. The van der Waals surface area contributed by atoms with Crippen LogP contribution in [0.2, 0.25) is 0 Å². The predicted molar refractivity (Wildman–Crippen MR) is 84.3 cm³/mol. The van der Waals surface area contributed by atoms with Gasteiger partial charge in [0.2, 0.25) is 0 Å². The van der Waals surface area contributed by atoms with Gasteiger partial charge >= 0.3 is 0 Å². The van der Waals surface area contributed by atoms with Gasteiger partial charge in [0.25, 0.3) is 5.69 Å². The number of nitrogens with one attached hydrogen (secondary N) is 1. The summed E-state index contributed by atoms with van der Waals surface area (Å²) in [6.45, 7) is 5.98. The number of anilines is 1. The average Bonchev–Trinajstić information content (AvgIpc) is 2.87. The Hall–Kier alpha value is -1.14. The SMILES string of the molecule is CC(C)N(CC1CCCN1)c1cc(Br)ccc1[N+](=O)[O-]. The molecule has 1 aromatic rings. The molecule has 1 N–H and O–H groups in total. The van der Waals surface area contributed by atoms with Crippen LogP contribution in [-0.4, -0.2) is 30.1 Å². The van der Waals surface area contributed by atoms with E-state index in [1.54, 1.807) is 12.1 Å². The zero-order chi connectivity index (χ0) is 14.7. The minimum absolute atomic E-state index is 0.167. The quantitative estimate of drug-likeness (QED) is 0.659. The van der Waals surface area contributed by atoms with Crippen LogP contribution >= 0.6 is 15.9 Å². The molecule has 2 rings (SSSR count). The molecule has 5 nitrogen and oxygen atoms in total. The minimum Gasteiger partial charge on any atom is -0.362 e. The van der Waals surface area contributed by atoms with Gasteiger partial charge in [-0.1, -0.05) is 15.9 Å². The normalized spacial score (nSPS) is 18.5. The van der Waals surface area contributed by atoms with Crippen molar-refractivity contribution in [3.63, 3.8) is 0 Å². The van der Waals surface area contributed by atoms with Crippen LogP contribution in [0.15, 0.2) is 22.7 Å². The Morgan fingerprint density at radius 2 is 2.30 bits per heavy atom. The molecule has 1 saturated heterocycles. The van der Waals surface area contributed by atoms with Crippen molar-refractivity contribution in [2.75, 3.05) is 18.0 Å². The van der Waals surface area contributed by atoms with Gasteiger partial charge in [-0.25, -0.2) is 0 Å². The van der Waals surface area contributed by atoms with Gasteiger partial charge in [0, 0.05) is 29.2 Å². The Bertz CT molecular complexity index is 487. The molecule has 1 fully saturated rings. The second kappa shape index (κ2) is 6.54. The van der Waals surface area contributed by atoms with Crippen molar-refractivity contribution in [2.24, 2.45) is 0 Å². The first-order chi connectivity index (χ1) is 9.49. The van der Waals surface area contributed by atoms with E-state index < -0.39 is 0 Å². The van der Waals surface area contributed by atoms with Crippen LogP contribution in [0.3, 0.4) is 0 Å². The summed E-state index contributed by atoms with van der Waals surface area (Å²) in [5.41, 5.74) is 0.855. The molecular weight excluding hydrogens is 322 g/mol. The Balaban J connectivity index is 2.32. The monoisotopic (exact) mass is 341 g/mol. The molecule has 0 aromatic heterocycles. The Labute approximate surface area is 127 Å². The van der Waals surface area contributed by atoms with Crippen molar-refractivity contribution in [2.45, 2.75) is 38.8 Å². The maximum absolute atomic E-state index is 11.2. The van der Waals surface area contributed by atoms with Gasteiger partial charge in [0.15, 0.2) is 0 Å². The van der Waals surface area contributed by atoms with E-state index in [1.165, 1.54) is 6.42 Å². The van der Waals surface area contributed by atoms with E-state index in [-0.39, 0.29) is 16.7 Å². The number of benzene rings is 1. The highest BCUT2D eigenvalue weighted by Crippen LogP contribution is 2.33. The summed E-state index contributed by atoms with van der Waals surface area (Å²) >= 11 is 3.41. The van der Waals surface area contributed by atoms with Crippen molar-refractivity contribution in [3.8, 4) is 0 Å². The zero-order valence-corrected chi connectivity index (χ0v) is 13.4. The molecule has 20 heavy (non-hydrogen) atoms. The highest BCUT2D eigenvalue weighted by Gasteiger charge is 2.25. The molecule has 1 heterocycles. The van der Waals surface area contributed by atoms with E-state index in [1.807, 2.05) is 6.07 Å². The lowest BCUT2D eigenvalue weighted by atomic mass is 10.1. The lowest BCUT2D eigenvalue weighted by Crippen LogP contribution is -2.41. The van der Waals surface area contributed by atoms with Crippen LogP contribution in [0.1, 0.15) is 26.7 Å². The van der Waals surface area contributed by atoms with E-state index in [2.05, 4.69) is 40.0 Å². The van der Waals surface area contributed by atoms with E-state index in [0.29, 0.717) is 11.7 Å². The Morgan fingerprint density at radius 1 is 1.55 bits per heavy atom. The fraction of sp³-hybridized carbons (Fsp3) is 0.571. The third-order valence-corrected chi connectivity index (χ3v) is 4.14. The Kier molecular flexibility index (Phi) is 4.99. The van der Waals surface area contributed by atoms with Crippen molar-refractivity contribution < 1.29 is 4.92 Å². The fourth-order valence-corrected chi connectivity index (χ4v) is 2.97. The van der Waals surface area contributed by atoms with Crippen molar-refractivity contribution >= 4 is 27.3 Å². The zero-order valence-electron chi connectivity index (χ0n) is 11.8. The predicted octanol–water partition coefficient (Wildman–Crippen LogP) is 3.32. The summed E-state index contributed by atoms with van der Waals surface area (Å²) in [5.74, 6) is 0. The smallest absolute Gasteiger partial charge is 0.292 e. The number of nitro benzene ring substituents is 1. The first kappa shape index (κ1) is 15.3. The Morgan fingerprint density at radius 3 is 2.85 bits per heavy atom.